The van der Waals surface area contributed by atoms with E-state index in [4.69, 9.17) is 5.73 Å². The van der Waals surface area contributed by atoms with E-state index < -0.39 is 0 Å². The lowest BCUT2D eigenvalue weighted by Crippen LogP contribution is -2.41. The number of carbonyl (C=O) groups excluding carboxylic acids is 2. The number of hydrogen-bond donors (Lipinski definition) is 3. The molecule has 1 aromatic rings. The molecule has 0 radical (unpaired) electrons. The van der Waals surface area contributed by atoms with Gasteiger partial charge >= 0.3 is 0 Å². The Morgan fingerprint density at radius 1 is 1.31 bits per heavy atom. The molecule has 16 heavy (non-hydrogen) atoms. The highest BCUT2D eigenvalue weighted by atomic mass is 32.2. The third kappa shape index (κ3) is 4.22. The van der Waals surface area contributed by atoms with Gasteiger partial charge in [-0.05, 0) is 12.1 Å². The normalized spacial score (nSPS) is 9.56. The van der Waals surface area contributed by atoms with Crippen LogP contribution in [0, 0.1) is 0 Å². The molecule has 86 valence electrons. The van der Waals surface area contributed by atoms with E-state index in [0.29, 0.717) is 5.69 Å². The molecule has 0 aliphatic rings. The molecular weight excluding hydrogens is 226 g/mol. The molecule has 2 amide bonds. The lowest BCUT2D eigenvalue weighted by atomic mass is 10.3. The lowest BCUT2D eigenvalue weighted by molar-refractivity contribution is -0.126. The molecule has 5 nitrogen and oxygen atoms in total. The third-order valence-electron chi connectivity index (χ3n) is 1.66. The minimum atomic E-state index is -0.308. The maximum atomic E-state index is 11.2. The van der Waals surface area contributed by atoms with Gasteiger partial charge in [-0.15, -0.1) is 11.8 Å². The zero-order valence-electron chi connectivity index (χ0n) is 8.82. The van der Waals surface area contributed by atoms with Gasteiger partial charge in [0.2, 0.25) is 11.8 Å². The van der Waals surface area contributed by atoms with Gasteiger partial charge < -0.3 is 5.73 Å². The highest BCUT2D eigenvalue weighted by Crippen LogP contribution is 2.23. The van der Waals surface area contributed by atoms with Crippen molar-refractivity contribution in [3.8, 4) is 0 Å². The Bertz CT molecular complexity index is 395. The van der Waals surface area contributed by atoms with Gasteiger partial charge in [0.25, 0.3) is 0 Å². The number of carbonyl (C=O) groups is 2. The van der Waals surface area contributed by atoms with Crippen LogP contribution in [-0.4, -0.2) is 17.6 Å². The van der Waals surface area contributed by atoms with Crippen molar-refractivity contribution in [3.63, 3.8) is 0 Å². The first-order valence-corrected chi connectivity index (χ1v) is 5.61. The molecule has 1 aromatic carbocycles. The minimum absolute atomic E-state index is 0.203. The number of rotatable bonds is 3. The zero-order valence-corrected chi connectivity index (χ0v) is 9.64. The van der Waals surface area contributed by atoms with Crippen LogP contribution in [0.4, 0.5) is 5.69 Å². The van der Waals surface area contributed by atoms with Crippen LogP contribution in [0.2, 0.25) is 0 Å². The molecule has 0 fully saturated rings. The Labute approximate surface area is 97.7 Å². The van der Waals surface area contributed by atoms with Crippen LogP contribution in [0.3, 0.4) is 0 Å². The highest BCUT2D eigenvalue weighted by molar-refractivity contribution is 8.00. The predicted molar refractivity (Wildman–Crippen MR) is 63.5 cm³/mol. The summed E-state index contributed by atoms with van der Waals surface area (Å²) in [6.07, 6.45) is 0. The van der Waals surface area contributed by atoms with E-state index in [1.165, 1.54) is 18.7 Å². The molecule has 1 rings (SSSR count). The Kier molecular flexibility index (Phi) is 4.65. The summed E-state index contributed by atoms with van der Waals surface area (Å²) in [5, 5.41) is 0. The summed E-state index contributed by atoms with van der Waals surface area (Å²) < 4.78 is 0. The van der Waals surface area contributed by atoms with Crippen LogP contribution in [0.25, 0.3) is 0 Å². The summed E-state index contributed by atoms with van der Waals surface area (Å²) in [5.74, 6) is -0.380. The van der Waals surface area contributed by atoms with E-state index in [2.05, 4.69) is 10.9 Å². The predicted octanol–water partition coefficient (Wildman–Crippen LogP) is 0.528. The van der Waals surface area contributed by atoms with Crippen LogP contribution < -0.4 is 16.6 Å². The molecule has 0 spiro atoms. The van der Waals surface area contributed by atoms with Crippen LogP contribution in [0.1, 0.15) is 6.92 Å². The number of nitrogen functional groups attached to an aromatic ring is 1. The Morgan fingerprint density at radius 2 is 2.00 bits per heavy atom. The van der Waals surface area contributed by atoms with Crippen LogP contribution in [0.5, 0.6) is 0 Å². The summed E-state index contributed by atoms with van der Waals surface area (Å²) in [6, 6.07) is 7.29. The Balaban J connectivity index is 2.37. The number of para-hydroxylation sites is 1. The fourth-order valence-corrected chi connectivity index (χ4v) is 1.72. The zero-order chi connectivity index (χ0) is 12.0. The van der Waals surface area contributed by atoms with E-state index in [0.717, 1.165) is 4.90 Å². The monoisotopic (exact) mass is 239 g/mol. The second kappa shape index (κ2) is 6.02. The SMILES string of the molecule is CC(=O)NNC(=O)CSc1ccccc1N. The molecule has 0 heterocycles. The maximum Gasteiger partial charge on any atom is 0.248 e. The van der Waals surface area contributed by atoms with E-state index in [1.807, 2.05) is 18.2 Å². The first kappa shape index (κ1) is 12.4. The molecule has 0 aliphatic heterocycles. The van der Waals surface area contributed by atoms with Crippen molar-refractivity contribution in [2.24, 2.45) is 0 Å². The van der Waals surface area contributed by atoms with Crippen molar-refractivity contribution in [1.82, 2.24) is 10.9 Å². The molecule has 0 saturated carbocycles. The van der Waals surface area contributed by atoms with Crippen molar-refractivity contribution in [1.29, 1.82) is 0 Å². The fraction of sp³-hybridized carbons (Fsp3) is 0.200. The van der Waals surface area contributed by atoms with E-state index >= 15 is 0 Å². The third-order valence-corrected chi connectivity index (χ3v) is 2.75. The largest absolute Gasteiger partial charge is 0.398 e. The second-order valence-corrected chi connectivity index (χ2v) is 4.07. The minimum Gasteiger partial charge on any atom is -0.398 e. The first-order chi connectivity index (χ1) is 7.59. The summed E-state index contributed by atoms with van der Waals surface area (Å²) in [4.78, 5) is 22.6. The van der Waals surface area contributed by atoms with Gasteiger partial charge in [0.15, 0.2) is 0 Å². The van der Waals surface area contributed by atoms with Gasteiger partial charge in [0.1, 0.15) is 0 Å². The summed E-state index contributed by atoms with van der Waals surface area (Å²) >= 11 is 1.32. The average Bonchev–Trinajstić information content (AvgIpc) is 2.25. The topological polar surface area (TPSA) is 84.2 Å². The Hall–Kier alpha value is -1.69. The van der Waals surface area contributed by atoms with Crippen molar-refractivity contribution in [3.05, 3.63) is 24.3 Å². The molecule has 0 unspecified atom stereocenters. The van der Waals surface area contributed by atoms with Gasteiger partial charge in [-0.3, -0.25) is 20.4 Å². The van der Waals surface area contributed by atoms with Gasteiger partial charge in [-0.25, -0.2) is 0 Å². The van der Waals surface area contributed by atoms with Crippen LogP contribution in [0.15, 0.2) is 29.2 Å². The van der Waals surface area contributed by atoms with E-state index in [9.17, 15) is 9.59 Å². The number of thioether (sulfide) groups is 1. The van der Waals surface area contributed by atoms with Gasteiger partial charge in [-0.1, -0.05) is 12.1 Å². The molecule has 0 aliphatic carbocycles. The quantitative estimate of drug-likeness (QED) is 0.408. The first-order valence-electron chi connectivity index (χ1n) is 4.62. The van der Waals surface area contributed by atoms with Crippen molar-refractivity contribution in [2.75, 3.05) is 11.5 Å². The number of nitrogens with one attached hydrogen (secondary N) is 2. The standard InChI is InChI=1S/C10H13N3O2S/c1-7(14)12-13-10(15)6-16-9-5-3-2-4-8(9)11/h2-5H,6,11H2,1H3,(H,12,14)(H,13,15). The fourth-order valence-electron chi connectivity index (χ4n) is 0.949. The summed E-state index contributed by atoms with van der Waals surface area (Å²) in [7, 11) is 0. The molecule has 0 aromatic heterocycles. The smallest absolute Gasteiger partial charge is 0.248 e. The Morgan fingerprint density at radius 3 is 2.62 bits per heavy atom. The lowest BCUT2D eigenvalue weighted by Gasteiger charge is -2.06. The second-order valence-electron chi connectivity index (χ2n) is 3.06. The molecule has 0 bridgehead atoms. The number of amides is 2. The van der Waals surface area contributed by atoms with Crippen molar-refractivity contribution in [2.45, 2.75) is 11.8 Å². The number of nitrogens with two attached hydrogens (primary N) is 1. The number of hydrogen-bond acceptors (Lipinski definition) is 4. The number of hydrazine groups is 1. The maximum absolute atomic E-state index is 11.2. The van der Waals surface area contributed by atoms with Crippen molar-refractivity contribution < 1.29 is 9.59 Å². The van der Waals surface area contributed by atoms with Gasteiger partial charge in [0, 0.05) is 17.5 Å². The summed E-state index contributed by atoms with van der Waals surface area (Å²) in [6.45, 7) is 1.32. The summed E-state index contributed by atoms with van der Waals surface area (Å²) in [5.41, 5.74) is 10.8. The molecule has 6 heteroatoms. The van der Waals surface area contributed by atoms with E-state index in [1.54, 1.807) is 6.07 Å². The van der Waals surface area contributed by atoms with Gasteiger partial charge in [-0.2, -0.15) is 0 Å². The average molecular weight is 239 g/mol. The van der Waals surface area contributed by atoms with Crippen LogP contribution >= 0.6 is 11.8 Å². The van der Waals surface area contributed by atoms with Crippen LogP contribution in [-0.2, 0) is 9.59 Å². The number of benzene rings is 1. The van der Waals surface area contributed by atoms with Gasteiger partial charge in [0.05, 0.1) is 5.75 Å². The number of anilines is 1. The molecule has 0 atom stereocenters. The van der Waals surface area contributed by atoms with Crippen molar-refractivity contribution >= 4 is 29.3 Å². The van der Waals surface area contributed by atoms with E-state index in [-0.39, 0.29) is 17.6 Å². The molecular formula is C10H13N3O2S. The highest BCUT2D eigenvalue weighted by Gasteiger charge is 2.04. The molecule has 4 N–H and O–H groups in total. The molecule has 0 saturated heterocycles.